The fourth-order valence-electron chi connectivity index (χ4n) is 3.61. The molecule has 1 amide bonds. The molecule has 0 bridgehead atoms. The highest BCUT2D eigenvalue weighted by molar-refractivity contribution is 9.10. The maximum atomic E-state index is 13.6. The van der Waals surface area contributed by atoms with Gasteiger partial charge in [-0.25, -0.2) is 4.98 Å². The van der Waals surface area contributed by atoms with Gasteiger partial charge in [0.1, 0.15) is 5.75 Å². The van der Waals surface area contributed by atoms with E-state index in [2.05, 4.69) is 26.0 Å². The predicted molar refractivity (Wildman–Crippen MR) is 151 cm³/mol. The van der Waals surface area contributed by atoms with Crippen LogP contribution in [0, 0.1) is 0 Å². The lowest BCUT2D eigenvalue weighted by atomic mass is 10.0. The van der Waals surface area contributed by atoms with E-state index in [0.29, 0.717) is 27.6 Å². The van der Waals surface area contributed by atoms with Crippen molar-refractivity contribution in [3.8, 4) is 5.75 Å². The van der Waals surface area contributed by atoms with Gasteiger partial charge in [-0.3, -0.25) is 9.59 Å². The Morgan fingerprint density at radius 1 is 0.892 bits per heavy atom. The van der Waals surface area contributed by atoms with Gasteiger partial charge >= 0.3 is 0 Å². The molecule has 1 aromatic heterocycles. The van der Waals surface area contributed by atoms with Gasteiger partial charge in [0.05, 0.1) is 23.5 Å². The summed E-state index contributed by atoms with van der Waals surface area (Å²) in [7, 11) is 1.60. The van der Waals surface area contributed by atoms with Gasteiger partial charge in [-0.05, 0) is 48.0 Å². The summed E-state index contributed by atoms with van der Waals surface area (Å²) in [6.45, 7) is 0. The minimum absolute atomic E-state index is 0.107. The molecule has 5 aromatic rings. The first-order valence-corrected chi connectivity index (χ1v) is 12.9. The summed E-state index contributed by atoms with van der Waals surface area (Å²) >= 11 is 4.77. The third-order valence-corrected chi connectivity index (χ3v) is 7.10. The lowest BCUT2D eigenvalue weighted by Gasteiger charge is -2.14. The quantitative estimate of drug-likeness (QED) is 0.120. The highest BCUT2D eigenvalue weighted by atomic mass is 79.9. The molecule has 4 aromatic carbocycles. The average molecular weight is 570 g/mol. The van der Waals surface area contributed by atoms with E-state index in [-0.39, 0.29) is 11.7 Å². The molecule has 0 unspecified atom stereocenters. The second-order valence-corrected chi connectivity index (χ2v) is 9.94. The largest absolute Gasteiger partial charge is 0.497 e. The smallest absolute Gasteiger partial charge is 0.280 e. The van der Waals surface area contributed by atoms with Crippen molar-refractivity contribution < 1.29 is 14.3 Å². The molecule has 0 aliphatic heterocycles. The van der Waals surface area contributed by atoms with Gasteiger partial charge < -0.3 is 4.74 Å². The summed E-state index contributed by atoms with van der Waals surface area (Å²) in [6.07, 6.45) is 1.62. The zero-order chi connectivity index (χ0) is 25.8. The summed E-state index contributed by atoms with van der Waals surface area (Å²) in [5.41, 5.74) is 3.04. The van der Waals surface area contributed by atoms with E-state index in [1.54, 1.807) is 49.7 Å². The Kier molecular flexibility index (Phi) is 7.20. The predicted octanol–water partition coefficient (Wildman–Crippen LogP) is 6.98. The van der Waals surface area contributed by atoms with Crippen LogP contribution in [0.3, 0.4) is 0 Å². The van der Waals surface area contributed by atoms with Crippen LogP contribution in [-0.2, 0) is 0 Å². The Balaban J connectivity index is 1.48. The van der Waals surface area contributed by atoms with Crippen LogP contribution in [0.25, 0.3) is 10.2 Å². The first kappa shape index (κ1) is 24.5. The van der Waals surface area contributed by atoms with E-state index >= 15 is 0 Å². The minimum Gasteiger partial charge on any atom is -0.497 e. The number of anilines is 1. The molecule has 1 heterocycles. The van der Waals surface area contributed by atoms with Crippen LogP contribution in [0.2, 0.25) is 0 Å². The third kappa shape index (κ3) is 5.50. The standard InChI is InChI=1S/C29H20BrN3O3S/c1-36-24-15-16-25-26(17-24)37-29(32-25)33(31-18-19-7-13-23(30)14-8-19)28(35)22-11-9-21(10-12-22)27(34)20-5-3-2-4-6-20/h2-18H,1H3/b31-18+. The van der Waals surface area contributed by atoms with Crippen LogP contribution in [-0.4, -0.2) is 30.0 Å². The number of thiazole rings is 1. The van der Waals surface area contributed by atoms with Gasteiger partial charge in [0, 0.05) is 21.2 Å². The first-order chi connectivity index (χ1) is 18.0. The SMILES string of the molecule is COc1ccc2nc(N(/N=C/c3ccc(Br)cc3)C(=O)c3ccc(C(=O)c4ccccc4)cc3)sc2c1. The molecule has 0 radical (unpaired) electrons. The van der Waals surface area contributed by atoms with E-state index in [9.17, 15) is 9.59 Å². The second-order valence-electron chi connectivity index (χ2n) is 8.02. The van der Waals surface area contributed by atoms with Crippen LogP contribution in [0.4, 0.5) is 5.13 Å². The second kappa shape index (κ2) is 10.9. The van der Waals surface area contributed by atoms with Crippen LogP contribution in [0.15, 0.2) is 107 Å². The lowest BCUT2D eigenvalue weighted by Crippen LogP contribution is -2.25. The number of hydrogen-bond acceptors (Lipinski definition) is 6. The number of rotatable bonds is 7. The van der Waals surface area contributed by atoms with Gasteiger partial charge in [-0.2, -0.15) is 10.1 Å². The number of benzene rings is 4. The summed E-state index contributed by atoms with van der Waals surface area (Å²) in [4.78, 5) is 31.1. The van der Waals surface area contributed by atoms with Crippen LogP contribution in [0.1, 0.15) is 31.8 Å². The Labute approximate surface area is 226 Å². The maximum absolute atomic E-state index is 13.6. The normalized spacial score (nSPS) is 11.1. The molecule has 0 fully saturated rings. The zero-order valence-corrected chi connectivity index (χ0v) is 22.1. The number of methoxy groups -OCH3 is 1. The number of nitrogens with zero attached hydrogens (tertiary/aromatic N) is 3. The number of ketones is 1. The van der Waals surface area contributed by atoms with Gasteiger partial charge in [0.2, 0.25) is 5.13 Å². The Morgan fingerprint density at radius 3 is 2.27 bits per heavy atom. The molecule has 0 spiro atoms. The fourth-order valence-corrected chi connectivity index (χ4v) is 4.83. The summed E-state index contributed by atoms with van der Waals surface area (Å²) in [5.74, 6) is 0.237. The van der Waals surface area contributed by atoms with Crippen molar-refractivity contribution in [1.29, 1.82) is 0 Å². The van der Waals surface area contributed by atoms with E-state index in [0.717, 1.165) is 20.3 Å². The molecule has 5 rings (SSSR count). The van der Waals surface area contributed by atoms with Crippen LogP contribution in [0.5, 0.6) is 5.75 Å². The van der Waals surface area contributed by atoms with Crippen molar-refractivity contribution in [2.75, 3.05) is 12.1 Å². The molecule has 0 N–H and O–H groups in total. The molecule has 6 nitrogen and oxygen atoms in total. The Hall–Kier alpha value is -4.14. The van der Waals surface area contributed by atoms with Gasteiger partial charge in [-0.15, -0.1) is 0 Å². The number of ether oxygens (including phenoxy) is 1. The van der Waals surface area contributed by atoms with Gasteiger partial charge in [0.25, 0.3) is 5.91 Å². The molecule has 0 saturated carbocycles. The van der Waals surface area contributed by atoms with E-state index in [1.165, 1.54) is 16.3 Å². The molecule has 8 heteroatoms. The number of fused-ring (bicyclic) bond motifs is 1. The summed E-state index contributed by atoms with van der Waals surface area (Å²) in [5, 5.41) is 6.21. The first-order valence-electron chi connectivity index (χ1n) is 11.3. The highest BCUT2D eigenvalue weighted by Crippen LogP contribution is 2.32. The molecule has 37 heavy (non-hydrogen) atoms. The monoisotopic (exact) mass is 569 g/mol. The molecule has 0 aliphatic carbocycles. The Bertz CT molecular complexity index is 1600. The molecule has 0 saturated heterocycles. The number of hydrogen-bond donors (Lipinski definition) is 0. The zero-order valence-electron chi connectivity index (χ0n) is 19.7. The van der Waals surface area contributed by atoms with Crippen molar-refractivity contribution >= 4 is 60.5 Å². The number of carbonyl (C=O) groups is 2. The summed E-state index contributed by atoms with van der Waals surface area (Å²) in [6, 6.07) is 28.8. The highest BCUT2D eigenvalue weighted by Gasteiger charge is 2.22. The molecular formula is C29H20BrN3O3S. The molecule has 182 valence electrons. The fraction of sp³-hybridized carbons (Fsp3) is 0.0345. The molecule has 0 atom stereocenters. The van der Waals surface area contributed by atoms with E-state index in [1.807, 2.05) is 60.7 Å². The van der Waals surface area contributed by atoms with Crippen molar-refractivity contribution in [3.05, 3.63) is 124 Å². The van der Waals surface area contributed by atoms with Crippen molar-refractivity contribution in [2.45, 2.75) is 0 Å². The van der Waals surface area contributed by atoms with Crippen molar-refractivity contribution in [1.82, 2.24) is 4.98 Å². The number of amides is 1. The molecular weight excluding hydrogens is 550 g/mol. The van der Waals surface area contributed by atoms with Crippen LogP contribution >= 0.6 is 27.3 Å². The number of carbonyl (C=O) groups excluding carboxylic acids is 2. The number of hydrazone groups is 1. The third-order valence-electron chi connectivity index (χ3n) is 5.58. The van der Waals surface area contributed by atoms with Gasteiger partial charge in [-0.1, -0.05) is 81.9 Å². The lowest BCUT2D eigenvalue weighted by molar-refractivity contribution is 0.0985. The van der Waals surface area contributed by atoms with Crippen molar-refractivity contribution in [3.63, 3.8) is 0 Å². The minimum atomic E-state index is -0.363. The number of halogens is 1. The topological polar surface area (TPSA) is 71.9 Å². The average Bonchev–Trinajstić information content (AvgIpc) is 3.37. The van der Waals surface area contributed by atoms with E-state index in [4.69, 9.17) is 4.74 Å². The Morgan fingerprint density at radius 2 is 1.57 bits per heavy atom. The van der Waals surface area contributed by atoms with Gasteiger partial charge in [0.15, 0.2) is 5.78 Å². The van der Waals surface area contributed by atoms with Crippen molar-refractivity contribution in [2.24, 2.45) is 5.10 Å². The van der Waals surface area contributed by atoms with Crippen LogP contribution < -0.4 is 9.75 Å². The maximum Gasteiger partial charge on any atom is 0.280 e. The van der Waals surface area contributed by atoms with E-state index < -0.39 is 0 Å². The summed E-state index contributed by atoms with van der Waals surface area (Å²) < 4.78 is 7.14. The molecule has 0 aliphatic rings. The number of aromatic nitrogens is 1.